The van der Waals surface area contributed by atoms with Gasteiger partial charge in [-0.25, -0.2) is 14.4 Å². The summed E-state index contributed by atoms with van der Waals surface area (Å²) in [5, 5.41) is 0. The maximum Gasteiger partial charge on any atom is 0.233 e. The molecule has 0 aliphatic heterocycles. The quantitative estimate of drug-likeness (QED) is 0.711. The van der Waals surface area contributed by atoms with E-state index in [1.807, 2.05) is 0 Å². The minimum absolute atomic E-state index is 0.200. The number of allylic oxidation sites excluding steroid dienone is 1. The van der Waals surface area contributed by atoms with Gasteiger partial charge < -0.3 is 4.74 Å². The van der Waals surface area contributed by atoms with Crippen LogP contribution in [0, 0.1) is 11.8 Å². The van der Waals surface area contributed by atoms with Crippen molar-refractivity contribution in [3.63, 3.8) is 0 Å². The van der Waals surface area contributed by atoms with Crippen molar-refractivity contribution in [3.8, 4) is 17.7 Å². The highest BCUT2D eigenvalue weighted by molar-refractivity contribution is 5.53. The fraction of sp³-hybridized carbons (Fsp3) is 0.273. The molecule has 0 N–H and O–H groups in total. The minimum Gasteiger partial charge on any atom is -0.463 e. The number of ether oxygens (including phenoxy) is 1. The summed E-state index contributed by atoms with van der Waals surface area (Å²) in [5.41, 5.74) is 0.200. The Hall–Kier alpha value is -1.89. The van der Waals surface area contributed by atoms with Gasteiger partial charge in [-0.3, -0.25) is 0 Å². The third-order valence-corrected chi connectivity index (χ3v) is 1.60. The van der Waals surface area contributed by atoms with Gasteiger partial charge in [-0.15, -0.1) is 5.92 Å². The van der Waals surface area contributed by atoms with Gasteiger partial charge in [0.15, 0.2) is 6.61 Å². The Kier molecular flexibility index (Phi) is 4.30. The Morgan fingerprint density at radius 1 is 1.53 bits per heavy atom. The van der Waals surface area contributed by atoms with Gasteiger partial charge in [-0.1, -0.05) is 5.92 Å². The maximum atomic E-state index is 13.0. The number of rotatable bonds is 3. The van der Waals surface area contributed by atoms with Crippen molar-refractivity contribution in [1.29, 1.82) is 0 Å². The first-order chi connectivity index (χ1) is 7.27. The van der Waals surface area contributed by atoms with Crippen LogP contribution in [0.15, 0.2) is 18.5 Å². The first-order valence-corrected chi connectivity index (χ1v) is 4.44. The van der Waals surface area contributed by atoms with Crippen LogP contribution >= 0.6 is 0 Å². The van der Waals surface area contributed by atoms with Gasteiger partial charge in [0.2, 0.25) is 5.88 Å². The van der Waals surface area contributed by atoms with Crippen LogP contribution in [0.5, 0.6) is 5.88 Å². The second-order valence-electron chi connectivity index (χ2n) is 2.59. The Balaban J connectivity index is 2.67. The molecule has 0 spiro atoms. The molecular weight excluding hydrogens is 195 g/mol. The molecule has 78 valence electrons. The molecule has 3 nitrogen and oxygen atoms in total. The topological polar surface area (TPSA) is 35.0 Å². The largest absolute Gasteiger partial charge is 0.463 e. The molecule has 0 aromatic carbocycles. The monoisotopic (exact) mass is 206 g/mol. The van der Waals surface area contributed by atoms with Crippen molar-refractivity contribution >= 4 is 5.83 Å². The van der Waals surface area contributed by atoms with Crippen molar-refractivity contribution in [2.45, 2.75) is 13.8 Å². The lowest BCUT2D eigenvalue weighted by Crippen LogP contribution is -1.97. The Bertz CT molecular complexity index is 401. The summed E-state index contributed by atoms with van der Waals surface area (Å²) in [5.74, 6) is 5.34. The third-order valence-electron chi connectivity index (χ3n) is 1.60. The Labute approximate surface area is 88.0 Å². The number of aromatic nitrogens is 2. The zero-order valence-corrected chi connectivity index (χ0v) is 8.62. The van der Waals surface area contributed by atoms with Crippen LogP contribution in [0.4, 0.5) is 4.39 Å². The van der Waals surface area contributed by atoms with Crippen molar-refractivity contribution in [1.82, 2.24) is 9.97 Å². The predicted molar refractivity (Wildman–Crippen MR) is 55.7 cm³/mol. The van der Waals surface area contributed by atoms with Crippen LogP contribution in [-0.4, -0.2) is 16.6 Å². The smallest absolute Gasteiger partial charge is 0.233 e. The molecule has 0 unspecified atom stereocenters. The van der Waals surface area contributed by atoms with E-state index in [1.54, 1.807) is 13.8 Å². The van der Waals surface area contributed by atoms with Crippen LogP contribution in [0.3, 0.4) is 0 Å². The van der Waals surface area contributed by atoms with Crippen molar-refractivity contribution in [3.05, 3.63) is 24.2 Å². The zero-order valence-electron chi connectivity index (χ0n) is 8.62. The number of hydrogen-bond donors (Lipinski definition) is 0. The summed E-state index contributed by atoms with van der Waals surface area (Å²) in [4.78, 5) is 7.74. The highest BCUT2D eigenvalue weighted by Crippen LogP contribution is 2.13. The van der Waals surface area contributed by atoms with Crippen LogP contribution in [0.1, 0.15) is 19.5 Å². The summed E-state index contributed by atoms with van der Waals surface area (Å²) in [6, 6.07) is 0. The fourth-order valence-corrected chi connectivity index (χ4v) is 0.844. The van der Waals surface area contributed by atoms with Gasteiger partial charge in [0.1, 0.15) is 11.5 Å². The Morgan fingerprint density at radius 3 is 2.87 bits per heavy atom. The molecule has 0 aliphatic carbocycles. The standard InChI is InChI=1S/C11H11FN2O/c1-3-5-6-15-11-8-13-10(7-14-11)9(12)4-2/h4,7-8H,6H2,1-2H3/b9-4-. The van der Waals surface area contributed by atoms with E-state index in [9.17, 15) is 4.39 Å². The van der Waals surface area contributed by atoms with E-state index in [0.717, 1.165) is 0 Å². The molecule has 1 aromatic heterocycles. The van der Waals surface area contributed by atoms with E-state index in [-0.39, 0.29) is 12.3 Å². The number of halogens is 1. The SMILES string of the molecule is CC#CCOc1cnc(/C(F)=C/C)cn1. The lowest BCUT2D eigenvalue weighted by Gasteiger charge is -2.00. The molecule has 0 aliphatic rings. The van der Waals surface area contributed by atoms with Gasteiger partial charge in [-0.2, -0.15) is 0 Å². The molecule has 1 rings (SSSR count). The van der Waals surface area contributed by atoms with Gasteiger partial charge >= 0.3 is 0 Å². The molecule has 1 aromatic rings. The molecule has 1 heterocycles. The van der Waals surface area contributed by atoms with Crippen LogP contribution in [0.2, 0.25) is 0 Å². The second kappa shape index (κ2) is 5.76. The van der Waals surface area contributed by atoms with Gasteiger partial charge in [0, 0.05) is 0 Å². The molecule has 0 amide bonds. The molecule has 0 radical (unpaired) electrons. The average Bonchev–Trinajstić information content (AvgIpc) is 2.29. The zero-order chi connectivity index (χ0) is 11.1. The minimum atomic E-state index is -0.401. The van der Waals surface area contributed by atoms with E-state index in [0.29, 0.717) is 5.88 Å². The van der Waals surface area contributed by atoms with E-state index in [4.69, 9.17) is 4.74 Å². The highest BCUT2D eigenvalue weighted by Gasteiger charge is 2.01. The lowest BCUT2D eigenvalue weighted by atomic mass is 10.4. The van der Waals surface area contributed by atoms with Crippen LogP contribution in [-0.2, 0) is 0 Å². The first kappa shape index (κ1) is 11.2. The van der Waals surface area contributed by atoms with E-state index in [1.165, 1.54) is 18.5 Å². The normalized spacial score (nSPS) is 10.5. The molecule has 0 saturated carbocycles. The van der Waals surface area contributed by atoms with Gasteiger partial charge in [0.25, 0.3) is 0 Å². The molecule has 0 atom stereocenters. The molecule has 4 heteroatoms. The second-order valence-corrected chi connectivity index (χ2v) is 2.59. The van der Waals surface area contributed by atoms with Crippen molar-refractivity contribution < 1.29 is 9.13 Å². The van der Waals surface area contributed by atoms with Crippen molar-refractivity contribution in [2.75, 3.05) is 6.61 Å². The highest BCUT2D eigenvalue weighted by atomic mass is 19.1. The molecule has 15 heavy (non-hydrogen) atoms. The van der Waals surface area contributed by atoms with Gasteiger partial charge in [-0.05, 0) is 19.9 Å². The molecular formula is C11H11FN2O. The summed E-state index contributed by atoms with van der Waals surface area (Å²) in [6.07, 6.45) is 4.02. The molecule has 0 bridgehead atoms. The van der Waals surface area contributed by atoms with E-state index < -0.39 is 5.83 Å². The predicted octanol–water partition coefficient (Wildman–Crippen LogP) is 2.21. The van der Waals surface area contributed by atoms with Crippen molar-refractivity contribution in [2.24, 2.45) is 0 Å². The number of nitrogens with zero attached hydrogens (tertiary/aromatic N) is 2. The van der Waals surface area contributed by atoms with Gasteiger partial charge in [0.05, 0.1) is 12.4 Å². The molecule has 0 fully saturated rings. The van der Waals surface area contributed by atoms with Crippen LogP contribution in [0.25, 0.3) is 5.83 Å². The first-order valence-electron chi connectivity index (χ1n) is 4.44. The summed E-state index contributed by atoms with van der Waals surface area (Å²) in [7, 11) is 0. The van der Waals surface area contributed by atoms with E-state index >= 15 is 0 Å². The summed E-state index contributed by atoms with van der Waals surface area (Å²) >= 11 is 0. The van der Waals surface area contributed by atoms with E-state index in [2.05, 4.69) is 21.8 Å². The lowest BCUT2D eigenvalue weighted by molar-refractivity contribution is 0.353. The molecule has 0 saturated heterocycles. The Morgan fingerprint density at radius 2 is 2.33 bits per heavy atom. The maximum absolute atomic E-state index is 13.0. The summed E-state index contributed by atoms with van der Waals surface area (Å²) < 4.78 is 18.1. The third kappa shape index (κ3) is 3.39. The number of hydrogen-bond acceptors (Lipinski definition) is 3. The fourth-order valence-electron chi connectivity index (χ4n) is 0.844. The van der Waals surface area contributed by atoms with Crippen LogP contribution < -0.4 is 4.74 Å². The summed E-state index contributed by atoms with van der Waals surface area (Å²) in [6.45, 7) is 3.58. The average molecular weight is 206 g/mol.